The molecule has 1 aromatic heterocycles. The molecule has 1 nitrogen and oxygen atoms in total. The van der Waals surface area contributed by atoms with Crippen molar-refractivity contribution in [2.24, 2.45) is 0 Å². The summed E-state index contributed by atoms with van der Waals surface area (Å²) < 4.78 is 15.2. The maximum atomic E-state index is 13.4. The van der Waals surface area contributed by atoms with Crippen LogP contribution in [-0.4, -0.2) is 4.98 Å². The van der Waals surface area contributed by atoms with E-state index in [1.807, 2.05) is 11.4 Å². The molecule has 0 aliphatic rings. The highest BCUT2D eigenvalue weighted by Crippen LogP contribution is 2.26. The van der Waals surface area contributed by atoms with Crippen LogP contribution in [0, 0.1) is 5.82 Å². The van der Waals surface area contributed by atoms with Crippen LogP contribution in [0.3, 0.4) is 0 Å². The van der Waals surface area contributed by atoms with Gasteiger partial charge in [0.15, 0.2) is 0 Å². The summed E-state index contributed by atoms with van der Waals surface area (Å²) in [4.78, 5) is 4.13. The first kappa shape index (κ1) is 11.1. The molecular formula is C10H7BrFNS2. The molecule has 0 bridgehead atoms. The number of thioether (sulfide) groups is 1. The Morgan fingerprint density at radius 3 is 3.00 bits per heavy atom. The first-order valence-electron chi connectivity index (χ1n) is 4.22. The minimum absolute atomic E-state index is 0.173. The molecule has 0 N–H and O–H groups in total. The second kappa shape index (κ2) is 5.09. The minimum Gasteiger partial charge on any atom is -0.238 e. The van der Waals surface area contributed by atoms with Crippen LogP contribution in [0.5, 0.6) is 0 Å². The molecule has 0 amide bonds. The summed E-state index contributed by atoms with van der Waals surface area (Å²) in [5.41, 5.74) is 0.707. The molecule has 15 heavy (non-hydrogen) atoms. The fourth-order valence-electron chi connectivity index (χ4n) is 1.06. The second-order valence-electron chi connectivity index (χ2n) is 2.82. The van der Waals surface area contributed by atoms with Crippen molar-refractivity contribution in [1.29, 1.82) is 0 Å². The highest BCUT2D eigenvalue weighted by atomic mass is 79.9. The molecule has 0 radical (unpaired) electrons. The Kier molecular flexibility index (Phi) is 3.77. The van der Waals surface area contributed by atoms with Crippen molar-refractivity contribution in [3.63, 3.8) is 0 Å². The molecule has 5 heteroatoms. The molecule has 78 valence electrons. The van der Waals surface area contributed by atoms with E-state index in [9.17, 15) is 4.39 Å². The van der Waals surface area contributed by atoms with Crippen LogP contribution in [0.15, 0.2) is 38.6 Å². The number of hydrogen-bond donors (Lipinski definition) is 0. The number of aromatic nitrogens is 1. The molecule has 0 saturated heterocycles. The van der Waals surface area contributed by atoms with E-state index in [1.165, 1.54) is 6.07 Å². The van der Waals surface area contributed by atoms with Gasteiger partial charge in [-0.2, -0.15) is 0 Å². The molecule has 0 unspecified atom stereocenters. The maximum absolute atomic E-state index is 13.4. The van der Waals surface area contributed by atoms with E-state index in [0.29, 0.717) is 11.3 Å². The van der Waals surface area contributed by atoms with Crippen LogP contribution < -0.4 is 0 Å². The highest BCUT2D eigenvalue weighted by Gasteiger charge is 2.04. The number of rotatable bonds is 3. The van der Waals surface area contributed by atoms with Crippen molar-refractivity contribution >= 4 is 39.0 Å². The van der Waals surface area contributed by atoms with E-state index in [1.54, 1.807) is 35.4 Å². The molecule has 0 aliphatic carbocycles. The van der Waals surface area contributed by atoms with Gasteiger partial charge in [-0.1, -0.05) is 33.8 Å². The summed E-state index contributed by atoms with van der Waals surface area (Å²) in [7, 11) is 0. The van der Waals surface area contributed by atoms with Crippen molar-refractivity contribution in [1.82, 2.24) is 4.98 Å². The number of benzene rings is 1. The van der Waals surface area contributed by atoms with E-state index in [2.05, 4.69) is 20.9 Å². The van der Waals surface area contributed by atoms with Gasteiger partial charge in [0.1, 0.15) is 10.2 Å². The maximum Gasteiger partial charge on any atom is 0.150 e. The van der Waals surface area contributed by atoms with E-state index in [-0.39, 0.29) is 5.82 Å². The van der Waals surface area contributed by atoms with Gasteiger partial charge in [0.05, 0.1) is 0 Å². The molecule has 0 atom stereocenters. The molecule has 0 saturated carbocycles. The minimum atomic E-state index is -0.173. The average molecular weight is 304 g/mol. The Morgan fingerprint density at radius 2 is 2.33 bits per heavy atom. The number of thiazole rings is 1. The molecule has 2 rings (SSSR count). The van der Waals surface area contributed by atoms with Crippen LogP contribution in [0.25, 0.3) is 0 Å². The average Bonchev–Trinajstić information content (AvgIpc) is 2.69. The van der Waals surface area contributed by atoms with E-state index >= 15 is 0 Å². The molecule has 0 aliphatic heterocycles. The van der Waals surface area contributed by atoms with E-state index < -0.39 is 0 Å². The van der Waals surface area contributed by atoms with Gasteiger partial charge in [-0.15, -0.1) is 11.3 Å². The van der Waals surface area contributed by atoms with Crippen molar-refractivity contribution in [2.75, 3.05) is 0 Å². The number of nitrogens with zero attached hydrogens (tertiary/aromatic N) is 1. The second-order valence-corrected chi connectivity index (χ2v) is 5.86. The van der Waals surface area contributed by atoms with Gasteiger partial charge >= 0.3 is 0 Å². The fourth-order valence-corrected chi connectivity index (χ4v) is 3.02. The zero-order chi connectivity index (χ0) is 10.7. The Balaban J connectivity index is 2.05. The topological polar surface area (TPSA) is 12.9 Å². The zero-order valence-corrected chi connectivity index (χ0v) is 10.8. The van der Waals surface area contributed by atoms with Gasteiger partial charge in [0, 0.05) is 21.8 Å². The lowest BCUT2D eigenvalue weighted by molar-refractivity contribution is 0.616. The normalized spacial score (nSPS) is 10.5. The first-order chi connectivity index (χ1) is 7.25. The van der Waals surface area contributed by atoms with Crippen molar-refractivity contribution in [3.8, 4) is 0 Å². The predicted octanol–water partition coefficient (Wildman–Crippen LogP) is 4.34. The summed E-state index contributed by atoms with van der Waals surface area (Å²) >= 11 is 6.35. The molecule has 1 aromatic carbocycles. The molecule has 1 heterocycles. The van der Waals surface area contributed by atoms with Gasteiger partial charge in [0.2, 0.25) is 0 Å². The van der Waals surface area contributed by atoms with Crippen molar-refractivity contribution in [2.45, 2.75) is 10.1 Å². The van der Waals surface area contributed by atoms with Gasteiger partial charge < -0.3 is 0 Å². The molecular weight excluding hydrogens is 297 g/mol. The summed E-state index contributed by atoms with van der Waals surface area (Å²) in [5, 5.41) is 1.92. The standard InChI is InChI=1S/C10H7BrFNS2/c11-8-2-1-7(9(12)5-8)6-15-10-13-3-4-14-10/h1-5H,6H2. The third-order valence-electron chi connectivity index (χ3n) is 1.78. The van der Waals surface area contributed by atoms with Crippen LogP contribution in [0.1, 0.15) is 5.56 Å². The van der Waals surface area contributed by atoms with Gasteiger partial charge in [-0.25, -0.2) is 9.37 Å². The third-order valence-corrected chi connectivity index (χ3v) is 4.28. The Bertz CT molecular complexity index is 445. The highest BCUT2D eigenvalue weighted by molar-refractivity contribution is 9.10. The molecule has 0 spiro atoms. The number of hydrogen-bond acceptors (Lipinski definition) is 3. The van der Waals surface area contributed by atoms with E-state index in [4.69, 9.17) is 0 Å². The van der Waals surface area contributed by atoms with Crippen LogP contribution in [0.4, 0.5) is 4.39 Å². The lowest BCUT2D eigenvalue weighted by Crippen LogP contribution is -1.86. The summed E-state index contributed by atoms with van der Waals surface area (Å²) in [5.74, 6) is 0.445. The first-order valence-corrected chi connectivity index (χ1v) is 6.88. The largest absolute Gasteiger partial charge is 0.238 e. The lowest BCUT2D eigenvalue weighted by Gasteiger charge is -2.01. The SMILES string of the molecule is Fc1cc(Br)ccc1CSc1nccs1. The van der Waals surface area contributed by atoms with E-state index in [0.717, 1.165) is 8.81 Å². The van der Waals surface area contributed by atoms with Crippen LogP contribution in [-0.2, 0) is 5.75 Å². The monoisotopic (exact) mass is 303 g/mol. The Hall–Kier alpha value is -0.390. The smallest absolute Gasteiger partial charge is 0.150 e. The Labute approximate surface area is 104 Å². The number of halogens is 2. The van der Waals surface area contributed by atoms with Crippen LogP contribution >= 0.6 is 39.0 Å². The summed E-state index contributed by atoms with van der Waals surface area (Å²) in [6.07, 6.45) is 1.75. The Morgan fingerprint density at radius 1 is 1.47 bits per heavy atom. The third kappa shape index (κ3) is 3.03. The van der Waals surface area contributed by atoms with Gasteiger partial charge in [-0.3, -0.25) is 0 Å². The zero-order valence-electron chi connectivity index (χ0n) is 7.61. The molecule has 2 aromatic rings. The molecule has 0 fully saturated rings. The summed E-state index contributed by atoms with van der Waals surface area (Å²) in [6, 6.07) is 5.12. The van der Waals surface area contributed by atoms with Crippen molar-refractivity contribution in [3.05, 3.63) is 45.6 Å². The van der Waals surface area contributed by atoms with Gasteiger partial charge in [-0.05, 0) is 17.7 Å². The predicted molar refractivity (Wildman–Crippen MR) is 65.8 cm³/mol. The van der Waals surface area contributed by atoms with Crippen LogP contribution in [0.2, 0.25) is 0 Å². The van der Waals surface area contributed by atoms with Crippen molar-refractivity contribution < 1.29 is 4.39 Å². The van der Waals surface area contributed by atoms with Gasteiger partial charge in [0.25, 0.3) is 0 Å². The lowest BCUT2D eigenvalue weighted by atomic mass is 10.2. The fraction of sp³-hybridized carbons (Fsp3) is 0.100. The summed E-state index contributed by atoms with van der Waals surface area (Å²) in [6.45, 7) is 0. The quantitative estimate of drug-likeness (QED) is 0.783.